The molecule has 2 aromatic carbocycles. The van der Waals surface area contributed by atoms with Gasteiger partial charge < -0.3 is 15.1 Å². The fraction of sp³-hybridized carbons (Fsp3) is 0.400. The molecule has 38 heavy (non-hydrogen) atoms. The third kappa shape index (κ3) is 7.99. The average molecular weight is 533 g/mol. The van der Waals surface area contributed by atoms with Gasteiger partial charge in [-0.25, -0.2) is 4.98 Å². The molecule has 1 aromatic heterocycles. The molecule has 0 spiro atoms. The molecule has 200 valence electrons. The molecule has 8 heteroatoms. The second kappa shape index (κ2) is 13.3. The maximum atomic E-state index is 12.9. The molecule has 0 aliphatic carbocycles. The number of hydrogen-bond acceptors (Lipinski definition) is 5. The summed E-state index contributed by atoms with van der Waals surface area (Å²) < 4.78 is 0. The van der Waals surface area contributed by atoms with E-state index in [2.05, 4.69) is 34.6 Å². The Morgan fingerprint density at radius 2 is 1.68 bits per heavy atom. The van der Waals surface area contributed by atoms with Crippen LogP contribution in [0.5, 0.6) is 0 Å². The van der Waals surface area contributed by atoms with Crippen molar-refractivity contribution in [1.82, 2.24) is 14.8 Å². The molecule has 7 nitrogen and oxygen atoms in total. The molecule has 1 aliphatic rings. The lowest BCUT2D eigenvalue weighted by Gasteiger charge is -2.32. The Balaban J connectivity index is 1.25. The lowest BCUT2D eigenvalue weighted by atomic mass is 9.90. The van der Waals surface area contributed by atoms with Crippen molar-refractivity contribution < 1.29 is 14.4 Å². The van der Waals surface area contributed by atoms with Crippen molar-refractivity contribution in [3.05, 3.63) is 82.9 Å². The fourth-order valence-corrected chi connectivity index (χ4v) is 5.53. The summed E-state index contributed by atoms with van der Waals surface area (Å²) in [6.45, 7) is 5.98. The van der Waals surface area contributed by atoms with Gasteiger partial charge in [-0.15, -0.1) is 11.3 Å². The number of rotatable bonds is 10. The van der Waals surface area contributed by atoms with Gasteiger partial charge in [0.2, 0.25) is 11.8 Å². The van der Waals surface area contributed by atoms with Crippen LogP contribution >= 0.6 is 11.3 Å². The van der Waals surface area contributed by atoms with E-state index in [1.807, 2.05) is 48.4 Å². The normalized spacial score (nSPS) is 13.9. The summed E-state index contributed by atoms with van der Waals surface area (Å²) in [6, 6.07) is 19.5. The van der Waals surface area contributed by atoms with Gasteiger partial charge in [-0.2, -0.15) is 0 Å². The number of likely N-dealkylation sites (tertiary alicyclic amines) is 1. The molecule has 3 aromatic rings. The molecule has 0 saturated carbocycles. The summed E-state index contributed by atoms with van der Waals surface area (Å²) in [5.41, 5.74) is 2.56. The molecule has 3 amide bonds. The van der Waals surface area contributed by atoms with E-state index in [4.69, 9.17) is 0 Å². The number of nitrogens with zero attached hydrogens (tertiary/aromatic N) is 3. The van der Waals surface area contributed by atoms with Gasteiger partial charge in [-0.05, 0) is 48.8 Å². The summed E-state index contributed by atoms with van der Waals surface area (Å²) in [7, 11) is 0. The summed E-state index contributed by atoms with van der Waals surface area (Å²) in [6.07, 6.45) is 3.30. The van der Waals surface area contributed by atoms with Gasteiger partial charge in [0.25, 0.3) is 5.91 Å². The predicted molar refractivity (Wildman–Crippen MR) is 151 cm³/mol. The third-order valence-corrected chi connectivity index (χ3v) is 7.50. The summed E-state index contributed by atoms with van der Waals surface area (Å²) >= 11 is 1.30. The second-order valence-corrected chi connectivity index (χ2v) is 11.2. The van der Waals surface area contributed by atoms with Crippen LogP contribution in [0, 0.1) is 11.8 Å². The van der Waals surface area contributed by atoms with Crippen molar-refractivity contribution in [2.45, 2.75) is 39.5 Å². The standard InChI is InChI=1S/C30H36N4O3S/c1-22(2)19-34(29(37)25-11-7-4-8-12-25)20-27(35)32-30-31-26(21-38-30)18-28(36)33-15-13-24(14-16-33)17-23-9-5-3-6-10-23/h3-12,21-22,24H,13-20H2,1-2H3,(H,31,32,35). The van der Waals surface area contributed by atoms with Gasteiger partial charge in [0, 0.05) is 30.6 Å². The molecule has 1 N–H and O–H groups in total. The van der Waals surface area contributed by atoms with Gasteiger partial charge in [0.1, 0.15) is 6.54 Å². The Kier molecular flexibility index (Phi) is 9.65. The highest BCUT2D eigenvalue weighted by atomic mass is 32.1. The first-order valence-electron chi connectivity index (χ1n) is 13.3. The highest BCUT2D eigenvalue weighted by molar-refractivity contribution is 7.13. The quantitative estimate of drug-likeness (QED) is 0.403. The van der Waals surface area contributed by atoms with Crippen LogP contribution in [0.2, 0.25) is 0 Å². The number of hydrogen-bond donors (Lipinski definition) is 1. The molecule has 0 radical (unpaired) electrons. The lowest BCUT2D eigenvalue weighted by molar-refractivity contribution is -0.131. The molecule has 1 saturated heterocycles. The first kappa shape index (κ1) is 27.5. The number of carbonyl (C=O) groups excluding carboxylic acids is 3. The zero-order valence-electron chi connectivity index (χ0n) is 22.1. The summed E-state index contributed by atoms with van der Waals surface area (Å²) in [5.74, 6) is 0.417. The fourth-order valence-electron chi connectivity index (χ4n) is 4.80. The second-order valence-electron chi connectivity index (χ2n) is 10.3. The van der Waals surface area contributed by atoms with E-state index in [-0.39, 0.29) is 36.6 Å². The molecular weight excluding hydrogens is 496 g/mol. The number of nitrogens with one attached hydrogen (secondary N) is 1. The number of carbonyl (C=O) groups is 3. The Morgan fingerprint density at radius 3 is 2.34 bits per heavy atom. The Labute approximate surface area is 228 Å². The van der Waals surface area contributed by atoms with E-state index in [0.717, 1.165) is 32.4 Å². The molecule has 2 heterocycles. The van der Waals surface area contributed by atoms with Gasteiger partial charge in [-0.1, -0.05) is 62.4 Å². The minimum atomic E-state index is -0.303. The molecule has 0 atom stereocenters. The molecule has 4 rings (SSSR count). The summed E-state index contributed by atoms with van der Waals surface area (Å²) in [5, 5.41) is 5.06. The topological polar surface area (TPSA) is 82.6 Å². The molecular formula is C30H36N4O3S. The van der Waals surface area contributed by atoms with Crippen molar-refractivity contribution >= 4 is 34.2 Å². The van der Waals surface area contributed by atoms with Crippen LogP contribution in [0.25, 0.3) is 0 Å². The van der Waals surface area contributed by atoms with E-state index in [0.29, 0.717) is 28.9 Å². The van der Waals surface area contributed by atoms with Crippen molar-refractivity contribution in [1.29, 1.82) is 0 Å². The van der Waals surface area contributed by atoms with E-state index in [1.165, 1.54) is 16.9 Å². The number of benzene rings is 2. The van der Waals surface area contributed by atoms with E-state index in [1.54, 1.807) is 17.0 Å². The molecule has 1 aliphatic heterocycles. The van der Waals surface area contributed by atoms with Crippen LogP contribution in [0.3, 0.4) is 0 Å². The highest BCUT2D eigenvalue weighted by Crippen LogP contribution is 2.23. The number of amides is 3. The summed E-state index contributed by atoms with van der Waals surface area (Å²) in [4.78, 5) is 46.6. The van der Waals surface area contributed by atoms with E-state index < -0.39 is 0 Å². The monoisotopic (exact) mass is 532 g/mol. The van der Waals surface area contributed by atoms with Crippen LogP contribution < -0.4 is 5.32 Å². The zero-order valence-corrected chi connectivity index (χ0v) is 23.0. The van der Waals surface area contributed by atoms with Gasteiger partial charge in [0.05, 0.1) is 12.1 Å². The SMILES string of the molecule is CC(C)CN(CC(=O)Nc1nc(CC(=O)N2CCC(Cc3ccccc3)CC2)cs1)C(=O)c1ccccc1. The van der Waals surface area contributed by atoms with Crippen LogP contribution in [-0.2, 0) is 22.4 Å². The highest BCUT2D eigenvalue weighted by Gasteiger charge is 2.24. The van der Waals surface area contributed by atoms with Crippen LogP contribution in [0.4, 0.5) is 5.13 Å². The zero-order chi connectivity index (χ0) is 26.9. The molecule has 0 bridgehead atoms. The van der Waals surface area contributed by atoms with E-state index in [9.17, 15) is 14.4 Å². The number of piperidine rings is 1. The first-order chi connectivity index (χ1) is 18.4. The number of aromatic nitrogens is 1. The van der Waals surface area contributed by atoms with Gasteiger partial charge in [0.15, 0.2) is 5.13 Å². The number of anilines is 1. The third-order valence-electron chi connectivity index (χ3n) is 6.69. The van der Waals surface area contributed by atoms with Crippen molar-refractivity contribution in [3.8, 4) is 0 Å². The smallest absolute Gasteiger partial charge is 0.254 e. The van der Waals surface area contributed by atoms with Crippen LogP contribution in [-0.4, -0.2) is 58.7 Å². The maximum Gasteiger partial charge on any atom is 0.254 e. The average Bonchev–Trinajstić information content (AvgIpc) is 3.35. The van der Waals surface area contributed by atoms with Crippen molar-refractivity contribution in [2.24, 2.45) is 11.8 Å². The Hall–Kier alpha value is -3.52. The van der Waals surface area contributed by atoms with Crippen LogP contribution in [0.1, 0.15) is 48.3 Å². The first-order valence-corrected chi connectivity index (χ1v) is 14.2. The molecule has 1 fully saturated rings. The lowest BCUT2D eigenvalue weighted by Crippen LogP contribution is -2.40. The van der Waals surface area contributed by atoms with Crippen LogP contribution in [0.15, 0.2) is 66.0 Å². The van der Waals surface area contributed by atoms with E-state index >= 15 is 0 Å². The number of thiazole rings is 1. The van der Waals surface area contributed by atoms with Gasteiger partial charge >= 0.3 is 0 Å². The predicted octanol–water partition coefficient (Wildman–Crippen LogP) is 4.90. The van der Waals surface area contributed by atoms with Crippen molar-refractivity contribution in [2.75, 3.05) is 31.5 Å². The largest absolute Gasteiger partial charge is 0.342 e. The minimum Gasteiger partial charge on any atom is -0.342 e. The van der Waals surface area contributed by atoms with Crippen molar-refractivity contribution in [3.63, 3.8) is 0 Å². The molecule has 0 unspecified atom stereocenters. The Bertz CT molecular complexity index is 1200. The minimum absolute atomic E-state index is 0.0579. The van der Waals surface area contributed by atoms with Gasteiger partial charge in [-0.3, -0.25) is 14.4 Å². The maximum absolute atomic E-state index is 12.9. The Morgan fingerprint density at radius 1 is 1.03 bits per heavy atom.